The zero-order valence-corrected chi connectivity index (χ0v) is 19.3. The Balaban J connectivity index is 1.49. The first-order chi connectivity index (χ1) is 16.4. The fourth-order valence-corrected chi connectivity index (χ4v) is 4.83. The van der Waals surface area contributed by atoms with Crippen molar-refractivity contribution in [2.75, 3.05) is 40.9 Å². The summed E-state index contributed by atoms with van der Waals surface area (Å²) >= 11 is 0. The van der Waals surface area contributed by atoms with Gasteiger partial charge in [-0.15, -0.1) is 0 Å². The number of piperazine rings is 1. The molecule has 2 saturated heterocycles. The van der Waals surface area contributed by atoms with Crippen LogP contribution in [0.3, 0.4) is 0 Å². The minimum Gasteiger partial charge on any atom is -0.350 e. The molecule has 0 spiro atoms. The zero-order valence-electron chi connectivity index (χ0n) is 19.3. The predicted molar refractivity (Wildman–Crippen MR) is 127 cm³/mol. The van der Waals surface area contributed by atoms with Crippen LogP contribution in [0.25, 0.3) is 11.3 Å². The van der Waals surface area contributed by atoms with Crippen LogP contribution in [0.5, 0.6) is 0 Å². The fourth-order valence-electron chi connectivity index (χ4n) is 4.83. The fraction of sp³-hybridized carbons (Fsp3) is 0.400. The van der Waals surface area contributed by atoms with Gasteiger partial charge in [-0.05, 0) is 57.0 Å². The number of rotatable bonds is 4. The molecule has 2 aliphatic rings. The molecule has 0 amide bonds. The number of aromatic nitrogens is 3. The number of hydrogen-bond donors (Lipinski definition) is 0. The average Bonchev–Trinajstić information content (AvgIpc) is 3.26. The molecule has 0 bridgehead atoms. The van der Waals surface area contributed by atoms with Gasteiger partial charge in [0, 0.05) is 56.1 Å². The van der Waals surface area contributed by atoms with Crippen molar-refractivity contribution in [3.63, 3.8) is 0 Å². The van der Waals surface area contributed by atoms with Crippen LogP contribution in [-0.2, 0) is 0 Å². The molecule has 2 atom stereocenters. The van der Waals surface area contributed by atoms with Crippen LogP contribution in [0.2, 0.25) is 0 Å². The van der Waals surface area contributed by atoms with Crippen LogP contribution in [0.15, 0.2) is 42.6 Å². The van der Waals surface area contributed by atoms with Gasteiger partial charge in [-0.3, -0.25) is 0 Å². The summed E-state index contributed by atoms with van der Waals surface area (Å²) in [5.41, 5.74) is 1.04. The van der Waals surface area contributed by atoms with Gasteiger partial charge in [0.05, 0.1) is 5.69 Å². The van der Waals surface area contributed by atoms with Crippen LogP contribution < -0.4 is 14.7 Å². The summed E-state index contributed by atoms with van der Waals surface area (Å²) in [5.74, 6) is -0.474. The van der Waals surface area contributed by atoms with Crippen LogP contribution in [0.4, 0.5) is 30.8 Å². The summed E-state index contributed by atoms with van der Waals surface area (Å²) < 4.78 is 41.8. The quantitative estimate of drug-likeness (QED) is 0.555. The molecule has 5 rings (SSSR count). The van der Waals surface area contributed by atoms with E-state index in [1.807, 2.05) is 11.0 Å². The van der Waals surface area contributed by atoms with E-state index in [0.717, 1.165) is 31.3 Å². The summed E-state index contributed by atoms with van der Waals surface area (Å²) in [6.07, 6.45) is 3.70. The zero-order chi connectivity index (χ0) is 23.8. The molecule has 0 aliphatic carbocycles. The molecule has 6 nitrogen and oxygen atoms in total. The number of anilines is 3. The second kappa shape index (κ2) is 9.12. The highest BCUT2D eigenvalue weighted by Gasteiger charge is 2.29. The molecule has 2 fully saturated rings. The van der Waals surface area contributed by atoms with Crippen molar-refractivity contribution in [3.05, 3.63) is 60.0 Å². The van der Waals surface area contributed by atoms with E-state index in [1.54, 1.807) is 12.3 Å². The van der Waals surface area contributed by atoms with Gasteiger partial charge >= 0.3 is 0 Å². The third kappa shape index (κ3) is 4.26. The van der Waals surface area contributed by atoms with E-state index in [1.165, 1.54) is 18.2 Å². The molecule has 0 saturated carbocycles. The van der Waals surface area contributed by atoms with E-state index < -0.39 is 11.6 Å². The Morgan fingerprint density at radius 1 is 0.853 bits per heavy atom. The van der Waals surface area contributed by atoms with Gasteiger partial charge in [-0.2, -0.15) is 4.98 Å². The standard InChI is InChI=1S/C25H27F3N6/c1-16-5-4-10-34(16)25-30-22(18-7-8-19(26)21(28)13-18)14-23(31-25)33-12-11-32(15-17(33)2)24-20(27)6-3-9-29-24/h3,6-9,13-14,16-17H,4-5,10-12,15H2,1-2H3/t16?,17-/m1/s1. The van der Waals surface area contributed by atoms with Crippen molar-refractivity contribution < 1.29 is 13.2 Å². The molecular weight excluding hydrogens is 441 g/mol. The average molecular weight is 469 g/mol. The molecule has 1 unspecified atom stereocenters. The number of nitrogens with zero attached hydrogens (tertiary/aromatic N) is 6. The van der Waals surface area contributed by atoms with E-state index in [0.29, 0.717) is 48.7 Å². The van der Waals surface area contributed by atoms with Crippen molar-refractivity contribution in [1.29, 1.82) is 0 Å². The van der Waals surface area contributed by atoms with Crippen LogP contribution in [0.1, 0.15) is 26.7 Å². The van der Waals surface area contributed by atoms with Gasteiger partial charge < -0.3 is 14.7 Å². The Hall–Kier alpha value is -3.36. The minimum absolute atomic E-state index is 0.0201. The lowest BCUT2D eigenvalue weighted by molar-refractivity contribution is 0.509. The molecule has 9 heteroatoms. The van der Waals surface area contributed by atoms with Crippen molar-refractivity contribution >= 4 is 17.6 Å². The highest BCUT2D eigenvalue weighted by atomic mass is 19.2. The predicted octanol–water partition coefficient (Wildman–Crippen LogP) is 4.66. The molecule has 0 N–H and O–H groups in total. The van der Waals surface area contributed by atoms with Gasteiger partial charge in [-0.25, -0.2) is 23.1 Å². The highest BCUT2D eigenvalue weighted by molar-refractivity contribution is 5.66. The summed E-state index contributed by atoms with van der Waals surface area (Å²) in [5, 5.41) is 0. The van der Waals surface area contributed by atoms with Gasteiger partial charge in [0.15, 0.2) is 23.3 Å². The van der Waals surface area contributed by atoms with Crippen molar-refractivity contribution in [2.45, 2.75) is 38.8 Å². The molecule has 2 aromatic heterocycles. The molecule has 34 heavy (non-hydrogen) atoms. The SMILES string of the molecule is CC1CCCN1c1nc(-c2ccc(F)c(F)c2)cc(N2CCN(c3ncccc3F)C[C@H]2C)n1. The topological polar surface area (TPSA) is 48.4 Å². The normalized spacial score (nSPS) is 20.8. The van der Waals surface area contributed by atoms with Crippen molar-refractivity contribution in [1.82, 2.24) is 15.0 Å². The molecule has 3 aromatic rings. The lowest BCUT2D eigenvalue weighted by atomic mass is 10.1. The maximum atomic E-state index is 14.3. The second-order valence-corrected chi connectivity index (χ2v) is 9.02. The number of hydrogen-bond acceptors (Lipinski definition) is 6. The Bertz CT molecular complexity index is 1190. The Kier molecular flexibility index (Phi) is 6.02. The van der Waals surface area contributed by atoms with E-state index in [9.17, 15) is 13.2 Å². The molecule has 178 valence electrons. The highest BCUT2D eigenvalue weighted by Crippen LogP contribution is 2.31. The Morgan fingerprint density at radius 3 is 2.41 bits per heavy atom. The lowest BCUT2D eigenvalue weighted by Gasteiger charge is -2.41. The summed E-state index contributed by atoms with van der Waals surface area (Å²) in [6.45, 7) is 6.82. The molecule has 1 aromatic carbocycles. The second-order valence-electron chi connectivity index (χ2n) is 9.02. The summed E-state index contributed by atoms with van der Waals surface area (Å²) in [7, 11) is 0. The largest absolute Gasteiger partial charge is 0.350 e. The number of halogens is 3. The number of benzene rings is 1. The third-order valence-corrected chi connectivity index (χ3v) is 6.69. The lowest BCUT2D eigenvalue weighted by Crippen LogP contribution is -2.53. The van der Waals surface area contributed by atoms with Crippen molar-refractivity contribution in [2.24, 2.45) is 0 Å². The maximum Gasteiger partial charge on any atom is 0.228 e. The van der Waals surface area contributed by atoms with Gasteiger partial charge in [-0.1, -0.05) is 0 Å². The first kappa shape index (κ1) is 22.4. The molecule has 0 radical (unpaired) electrons. The third-order valence-electron chi connectivity index (χ3n) is 6.69. The van der Waals surface area contributed by atoms with Crippen LogP contribution >= 0.6 is 0 Å². The van der Waals surface area contributed by atoms with Crippen LogP contribution in [-0.4, -0.2) is 53.2 Å². The van der Waals surface area contributed by atoms with Gasteiger partial charge in [0.1, 0.15) is 5.82 Å². The van der Waals surface area contributed by atoms with Gasteiger partial charge in [0.2, 0.25) is 5.95 Å². The van der Waals surface area contributed by atoms with Crippen molar-refractivity contribution in [3.8, 4) is 11.3 Å². The summed E-state index contributed by atoms with van der Waals surface area (Å²) in [4.78, 5) is 20.1. The molecular formula is C25H27F3N6. The monoisotopic (exact) mass is 468 g/mol. The number of pyridine rings is 1. The smallest absolute Gasteiger partial charge is 0.228 e. The molecule has 4 heterocycles. The molecule has 2 aliphatic heterocycles. The van der Waals surface area contributed by atoms with Crippen LogP contribution in [0, 0.1) is 17.5 Å². The van der Waals surface area contributed by atoms with E-state index in [2.05, 4.69) is 28.6 Å². The Labute approximate surface area is 197 Å². The summed E-state index contributed by atoms with van der Waals surface area (Å²) in [6, 6.07) is 8.97. The Morgan fingerprint density at radius 2 is 1.71 bits per heavy atom. The minimum atomic E-state index is -0.909. The van der Waals surface area contributed by atoms with Gasteiger partial charge in [0.25, 0.3) is 0 Å². The van der Waals surface area contributed by atoms with E-state index >= 15 is 0 Å². The maximum absolute atomic E-state index is 14.3. The first-order valence-electron chi connectivity index (χ1n) is 11.6. The van der Waals surface area contributed by atoms with E-state index in [-0.39, 0.29) is 11.9 Å². The first-order valence-corrected chi connectivity index (χ1v) is 11.6. The van der Waals surface area contributed by atoms with E-state index in [4.69, 9.17) is 9.97 Å².